The van der Waals surface area contributed by atoms with Gasteiger partial charge in [0, 0.05) is 7.11 Å². The van der Waals surface area contributed by atoms with Gasteiger partial charge in [-0.15, -0.1) is 0 Å². The van der Waals surface area contributed by atoms with Crippen molar-refractivity contribution in [3.05, 3.63) is 0 Å². The van der Waals surface area contributed by atoms with E-state index in [1.54, 1.807) is 7.11 Å². The van der Waals surface area contributed by atoms with Gasteiger partial charge in [-0.05, 0) is 0 Å². The first-order valence-electron chi connectivity index (χ1n) is 4.34. The quantitative estimate of drug-likeness (QED) is 0.586. The Balaban J connectivity index is 1.87. The van der Waals surface area contributed by atoms with E-state index in [1.165, 1.54) is 0 Å². The van der Waals surface area contributed by atoms with E-state index in [9.17, 15) is 5.11 Å². The second-order valence-electron chi connectivity index (χ2n) is 3.27. The maximum atomic E-state index is 9.41. The van der Waals surface area contributed by atoms with Crippen LogP contribution < -0.4 is 0 Å². The number of aliphatic hydroxyl groups excluding tert-OH is 1. The highest BCUT2D eigenvalue weighted by molar-refractivity contribution is 4.94. The number of methoxy groups -OCH3 is 1. The standard InChI is InChI=1S/C8H14O5/c1-10-4-13-6-3-12-7-5(9)2-11-8(6)7/h5-9H,2-4H2,1H3/t5-,6-,7-,8-/m1/s1. The lowest BCUT2D eigenvalue weighted by atomic mass is 10.1. The van der Waals surface area contributed by atoms with Gasteiger partial charge >= 0.3 is 0 Å². The number of ether oxygens (including phenoxy) is 4. The average Bonchev–Trinajstić information content (AvgIpc) is 2.67. The summed E-state index contributed by atoms with van der Waals surface area (Å²) in [6.45, 7) is 1.04. The summed E-state index contributed by atoms with van der Waals surface area (Å²) in [6.07, 6.45) is -0.977. The lowest BCUT2D eigenvalue weighted by molar-refractivity contribution is -0.106. The maximum absolute atomic E-state index is 9.41. The molecular weight excluding hydrogens is 176 g/mol. The van der Waals surface area contributed by atoms with Crippen LogP contribution in [0.3, 0.4) is 0 Å². The number of hydrogen-bond acceptors (Lipinski definition) is 5. The summed E-state index contributed by atoms with van der Waals surface area (Å²) in [4.78, 5) is 0. The molecule has 0 spiro atoms. The van der Waals surface area contributed by atoms with Crippen molar-refractivity contribution < 1.29 is 24.1 Å². The highest BCUT2D eigenvalue weighted by atomic mass is 16.7. The third-order valence-electron chi connectivity index (χ3n) is 2.38. The van der Waals surface area contributed by atoms with Crippen molar-refractivity contribution in [2.45, 2.75) is 24.4 Å². The van der Waals surface area contributed by atoms with Gasteiger partial charge < -0.3 is 24.1 Å². The molecule has 2 saturated heterocycles. The molecule has 2 aliphatic heterocycles. The van der Waals surface area contributed by atoms with Crippen molar-refractivity contribution in [3.63, 3.8) is 0 Å². The fourth-order valence-electron chi connectivity index (χ4n) is 1.74. The Kier molecular flexibility index (Phi) is 2.80. The van der Waals surface area contributed by atoms with Gasteiger partial charge in [-0.3, -0.25) is 0 Å². The van der Waals surface area contributed by atoms with Gasteiger partial charge in [0.15, 0.2) is 0 Å². The Morgan fingerprint density at radius 2 is 2.08 bits per heavy atom. The Morgan fingerprint density at radius 3 is 2.85 bits per heavy atom. The van der Waals surface area contributed by atoms with E-state index in [2.05, 4.69) is 0 Å². The van der Waals surface area contributed by atoms with Gasteiger partial charge in [-0.25, -0.2) is 0 Å². The molecule has 0 aromatic rings. The number of aliphatic hydroxyl groups is 1. The van der Waals surface area contributed by atoms with E-state index >= 15 is 0 Å². The molecule has 5 nitrogen and oxygen atoms in total. The molecule has 0 bridgehead atoms. The summed E-state index contributed by atoms with van der Waals surface area (Å²) < 4.78 is 20.8. The first kappa shape index (κ1) is 9.36. The molecule has 0 aromatic heterocycles. The van der Waals surface area contributed by atoms with Crippen molar-refractivity contribution in [2.75, 3.05) is 27.1 Å². The normalized spacial score (nSPS) is 43.8. The summed E-state index contributed by atoms with van der Waals surface area (Å²) in [5.74, 6) is 0. The number of rotatable bonds is 3. The fraction of sp³-hybridized carbons (Fsp3) is 1.00. The highest BCUT2D eigenvalue weighted by Crippen LogP contribution is 2.28. The average molecular weight is 190 g/mol. The molecule has 0 amide bonds. The molecule has 76 valence electrons. The van der Waals surface area contributed by atoms with Crippen LogP contribution in [0.1, 0.15) is 0 Å². The van der Waals surface area contributed by atoms with Crippen LogP contribution in [-0.4, -0.2) is 56.6 Å². The lowest BCUT2D eigenvalue weighted by Crippen LogP contribution is -2.33. The van der Waals surface area contributed by atoms with Crippen LogP contribution in [0, 0.1) is 0 Å². The minimum absolute atomic E-state index is 0.109. The SMILES string of the molecule is COCO[C@@H]1CO[C@H]2[C@@H]1OC[C@H]2O. The Labute approximate surface area is 76.5 Å². The molecule has 2 heterocycles. The highest BCUT2D eigenvalue weighted by Gasteiger charge is 2.47. The molecule has 2 rings (SSSR count). The van der Waals surface area contributed by atoms with Crippen molar-refractivity contribution in [1.82, 2.24) is 0 Å². The first-order chi connectivity index (χ1) is 6.33. The van der Waals surface area contributed by atoms with Gasteiger partial charge in [-0.1, -0.05) is 0 Å². The van der Waals surface area contributed by atoms with Gasteiger partial charge in [0.1, 0.15) is 31.2 Å². The van der Waals surface area contributed by atoms with Crippen LogP contribution in [0.4, 0.5) is 0 Å². The molecule has 2 fully saturated rings. The molecule has 4 atom stereocenters. The van der Waals surface area contributed by atoms with Crippen molar-refractivity contribution >= 4 is 0 Å². The zero-order valence-corrected chi connectivity index (χ0v) is 7.51. The molecular formula is C8H14O5. The molecule has 1 N–H and O–H groups in total. The summed E-state index contributed by atoms with van der Waals surface area (Å²) in [7, 11) is 1.57. The van der Waals surface area contributed by atoms with Crippen LogP contribution in [0.25, 0.3) is 0 Å². The van der Waals surface area contributed by atoms with Gasteiger partial charge in [0.2, 0.25) is 0 Å². The van der Waals surface area contributed by atoms with E-state index in [-0.39, 0.29) is 25.1 Å². The smallest absolute Gasteiger partial charge is 0.146 e. The third-order valence-corrected chi connectivity index (χ3v) is 2.38. The van der Waals surface area contributed by atoms with Crippen molar-refractivity contribution in [1.29, 1.82) is 0 Å². The van der Waals surface area contributed by atoms with Crippen LogP contribution in [0.15, 0.2) is 0 Å². The van der Waals surface area contributed by atoms with Crippen LogP contribution in [0.2, 0.25) is 0 Å². The Bertz CT molecular complexity index is 174. The van der Waals surface area contributed by atoms with Crippen molar-refractivity contribution in [2.24, 2.45) is 0 Å². The predicted octanol–water partition coefficient (Wildman–Crippen LogP) is -0.866. The fourth-order valence-corrected chi connectivity index (χ4v) is 1.74. The maximum Gasteiger partial charge on any atom is 0.146 e. The molecule has 5 heteroatoms. The molecule has 0 unspecified atom stereocenters. The largest absolute Gasteiger partial charge is 0.388 e. The minimum Gasteiger partial charge on any atom is -0.388 e. The van der Waals surface area contributed by atoms with Crippen molar-refractivity contribution in [3.8, 4) is 0 Å². The van der Waals surface area contributed by atoms with E-state index in [1.807, 2.05) is 0 Å². The molecule has 0 aromatic carbocycles. The predicted molar refractivity (Wildman–Crippen MR) is 42.2 cm³/mol. The summed E-state index contributed by atoms with van der Waals surface area (Å²) in [5, 5.41) is 9.41. The van der Waals surface area contributed by atoms with Gasteiger partial charge in [0.05, 0.1) is 13.2 Å². The topological polar surface area (TPSA) is 57.2 Å². The zero-order valence-electron chi connectivity index (χ0n) is 7.51. The third kappa shape index (κ3) is 1.70. The summed E-state index contributed by atoms with van der Waals surface area (Å²) in [5.41, 5.74) is 0. The minimum atomic E-state index is -0.513. The second-order valence-corrected chi connectivity index (χ2v) is 3.27. The van der Waals surface area contributed by atoms with E-state index in [0.717, 1.165) is 0 Å². The van der Waals surface area contributed by atoms with Crippen LogP contribution in [0.5, 0.6) is 0 Å². The van der Waals surface area contributed by atoms with Crippen LogP contribution >= 0.6 is 0 Å². The summed E-state index contributed by atoms with van der Waals surface area (Å²) >= 11 is 0. The van der Waals surface area contributed by atoms with Crippen LogP contribution in [-0.2, 0) is 18.9 Å². The number of hydrogen-bond donors (Lipinski definition) is 1. The Morgan fingerprint density at radius 1 is 1.31 bits per heavy atom. The zero-order chi connectivity index (χ0) is 9.26. The van der Waals surface area contributed by atoms with E-state index in [0.29, 0.717) is 13.2 Å². The lowest BCUT2D eigenvalue weighted by Gasteiger charge is -2.15. The molecule has 13 heavy (non-hydrogen) atoms. The van der Waals surface area contributed by atoms with E-state index < -0.39 is 6.10 Å². The second kappa shape index (κ2) is 3.89. The molecule has 2 aliphatic rings. The molecule has 0 aliphatic carbocycles. The first-order valence-corrected chi connectivity index (χ1v) is 4.34. The molecule has 0 saturated carbocycles. The van der Waals surface area contributed by atoms with E-state index in [4.69, 9.17) is 18.9 Å². The Hall–Kier alpha value is -0.200. The summed E-state index contributed by atoms with van der Waals surface area (Å²) in [6, 6.07) is 0. The molecule has 0 radical (unpaired) electrons. The van der Waals surface area contributed by atoms with Gasteiger partial charge in [0.25, 0.3) is 0 Å². The number of fused-ring (bicyclic) bond motifs is 1. The van der Waals surface area contributed by atoms with Gasteiger partial charge in [-0.2, -0.15) is 0 Å². The monoisotopic (exact) mass is 190 g/mol.